The Morgan fingerprint density at radius 3 is 2.55 bits per heavy atom. The molecule has 20 heavy (non-hydrogen) atoms. The molecule has 1 fully saturated rings. The molecule has 7 heteroatoms. The Labute approximate surface area is 118 Å². The van der Waals surface area contributed by atoms with E-state index in [1.165, 1.54) is 0 Å². The smallest absolute Gasteiger partial charge is 0.321 e. The molecule has 0 radical (unpaired) electrons. The predicted molar refractivity (Wildman–Crippen MR) is 73.2 cm³/mol. The highest BCUT2D eigenvalue weighted by Gasteiger charge is 2.42. The highest BCUT2D eigenvalue weighted by Crippen LogP contribution is 2.35. The van der Waals surface area contributed by atoms with Gasteiger partial charge in [0.2, 0.25) is 5.91 Å². The van der Waals surface area contributed by atoms with Crippen molar-refractivity contribution in [3.05, 3.63) is 0 Å². The van der Waals surface area contributed by atoms with Gasteiger partial charge < -0.3 is 10.4 Å². The number of carbonyl (C=O) groups excluding carboxylic acids is 2. The van der Waals surface area contributed by atoms with E-state index in [1.807, 2.05) is 13.8 Å². The minimum Gasteiger partial charge on any atom is -0.480 e. The maximum atomic E-state index is 11.8. The first kappa shape index (κ1) is 16.4. The van der Waals surface area contributed by atoms with Crippen molar-refractivity contribution >= 4 is 17.9 Å². The van der Waals surface area contributed by atoms with Crippen LogP contribution in [0.2, 0.25) is 0 Å². The van der Waals surface area contributed by atoms with Gasteiger partial charge in [-0.3, -0.25) is 19.8 Å². The van der Waals surface area contributed by atoms with Crippen molar-refractivity contribution < 1.29 is 19.5 Å². The van der Waals surface area contributed by atoms with Crippen LogP contribution in [0.4, 0.5) is 4.79 Å². The number of nitrogens with zero attached hydrogens (tertiary/aromatic N) is 1. The molecular weight excluding hydrogens is 262 g/mol. The van der Waals surface area contributed by atoms with E-state index < -0.39 is 29.4 Å². The maximum absolute atomic E-state index is 11.8. The molecule has 1 atom stereocenters. The van der Waals surface area contributed by atoms with Crippen molar-refractivity contribution in [3.63, 3.8) is 0 Å². The van der Waals surface area contributed by atoms with Crippen molar-refractivity contribution in [1.82, 2.24) is 15.5 Å². The summed E-state index contributed by atoms with van der Waals surface area (Å²) < 4.78 is 0. The number of likely N-dealkylation sites (tertiary alicyclic amines) is 1. The zero-order valence-corrected chi connectivity index (χ0v) is 12.2. The fraction of sp³-hybridized carbons (Fsp3) is 0.769. The second-order valence-corrected chi connectivity index (χ2v) is 5.71. The lowest BCUT2D eigenvalue weighted by molar-refractivity contribution is -0.151. The van der Waals surface area contributed by atoms with Gasteiger partial charge in [0.15, 0.2) is 0 Å². The number of carbonyl (C=O) groups is 3. The first-order chi connectivity index (χ1) is 9.27. The molecule has 7 nitrogen and oxygen atoms in total. The first-order valence-corrected chi connectivity index (χ1v) is 6.82. The third-order valence-electron chi connectivity index (χ3n) is 3.54. The number of rotatable bonds is 4. The molecule has 0 saturated carbocycles. The van der Waals surface area contributed by atoms with Crippen molar-refractivity contribution in [2.24, 2.45) is 5.41 Å². The molecule has 1 aliphatic heterocycles. The van der Waals surface area contributed by atoms with Crippen molar-refractivity contribution in [2.75, 3.05) is 19.6 Å². The zero-order chi connectivity index (χ0) is 15.3. The second kappa shape index (κ2) is 6.69. The van der Waals surface area contributed by atoms with E-state index in [1.54, 1.807) is 11.8 Å². The molecule has 0 spiro atoms. The van der Waals surface area contributed by atoms with E-state index >= 15 is 0 Å². The summed E-state index contributed by atoms with van der Waals surface area (Å²) in [5.74, 6) is -1.42. The highest BCUT2D eigenvalue weighted by atomic mass is 16.4. The Kier molecular flexibility index (Phi) is 5.50. The highest BCUT2D eigenvalue weighted by molar-refractivity contribution is 5.95. The Morgan fingerprint density at radius 1 is 1.35 bits per heavy atom. The van der Waals surface area contributed by atoms with Gasteiger partial charge in [-0.25, -0.2) is 4.79 Å². The van der Waals surface area contributed by atoms with Crippen LogP contribution in [-0.4, -0.2) is 53.6 Å². The largest absolute Gasteiger partial charge is 0.480 e. The molecule has 3 N–H and O–H groups in total. The molecule has 1 heterocycles. The maximum Gasteiger partial charge on any atom is 0.321 e. The van der Waals surface area contributed by atoms with Crippen LogP contribution in [0, 0.1) is 5.41 Å². The lowest BCUT2D eigenvalue weighted by atomic mass is 9.76. The quantitative estimate of drug-likeness (QED) is 0.695. The summed E-state index contributed by atoms with van der Waals surface area (Å²) in [6.07, 6.45) is 1.64. The van der Waals surface area contributed by atoms with Crippen LogP contribution in [0.3, 0.4) is 0 Å². The molecule has 1 aliphatic rings. The molecule has 114 valence electrons. The molecular formula is C13H23N3O4. The SMILES string of the molecule is CCNC(=O)NC(=O)CN1CCCC(C)(C)C1C(=O)O. The molecule has 1 saturated heterocycles. The number of hydrogen-bond acceptors (Lipinski definition) is 4. The van der Waals surface area contributed by atoms with E-state index in [2.05, 4.69) is 10.6 Å². The Morgan fingerprint density at radius 2 is 2.00 bits per heavy atom. The molecule has 0 aromatic rings. The molecule has 0 aromatic heterocycles. The average Bonchev–Trinajstić information content (AvgIpc) is 2.26. The van der Waals surface area contributed by atoms with Gasteiger partial charge in [0, 0.05) is 6.54 Å². The number of carboxylic acid groups (broad SMARTS) is 1. The number of aliphatic carboxylic acids is 1. The van der Waals surface area contributed by atoms with E-state index in [9.17, 15) is 19.5 Å². The fourth-order valence-corrected chi connectivity index (χ4v) is 2.71. The fourth-order valence-electron chi connectivity index (χ4n) is 2.71. The number of hydrogen-bond donors (Lipinski definition) is 3. The van der Waals surface area contributed by atoms with Gasteiger partial charge in [-0.15, -0.1) is 0 Å². The van der Waals surface area contributed by atoms with Crippen LogP contribution in [0.25, 0.3) is 0 Å². The van der Waals surface area contributed by atoms with Gasteiger partial charge in [-0.05, 0) is 31.7 Å². The van der Waals surface area contributed by atoms with Crippen LogP contribution in [0.15, 0.2) is 0 Å². The minimum atomic E-state index is -0.930. The van der Waals surface area contributed by atoms with Crippen LogP contribution in [-0.2, 0) is 9.59 Å². The van der Waals surface area contributed by atoms with Crippen LogP contribution >= 0.6 is 0 Å². The second-order valence-electron chi connectivity index (χ2n) is 5.71. The zero-order valence-electron chi connectivity index (χ0n) is 12.2. The number of nitrogens with one attached hydrogen (secondary N) is 2. The Hall–Kier alpha value is -1.63. The molecule has 1 unspecified atom stereocenters. The van der Waals surface area contributed by atoms with Gasteiger partial charge in [0.25, 0.3) is 0 Å². The normalized spacial score (nSPS) is 22.1. The Balaban J connectivity index is 2.66. The summed E-state index contributed by atoms with van der Waals surface area (Å²) in [7, 11) is 0. The molecule has 1 rings (SSSR count). The summed E-state index contributed by atoms with van der Waals surface area (Å²) >= 11 is 0. The van der Waals surface area contributed by atoms with Crippen molar-refractivity contribution in [2.45, 2.75) is 39.7 Å². The van der Waals surface area contributed by atoms with Crippen LogP contribution < -0.4 is 10.6 Å². The van der Waals surface area contributed by atoms with Gasteiger partial charge in [-0.2, -0.15) is 0 Å². The molecule has 3 amide bonds. The molecule has 0 bridgehead atoms. The third kappa shape index (κ3) is 4.19. The molecule has 0 aromatic carbocycles. The van der Waals surface area contributed by atoms with E-state index in [0.717, 1.165) is 12.8 Å². The lowest BCUT2D eigenvalue weighted by Crippen LogP contribution is -2.57. The number of piperidine rings is 1. The van der Waals surface area contributed by atoms with Gasteiger partial charge in [-0.1, -0.05) is 13.8 Å². The summed E-state index contributed by atoms with van der Waals surface area (Å²) in [5, 5.41) is 14.0. The Bertz CT molecular complexity index is 395. The van der Waals surface area contributed by atoms with Gasteiger partial charge >= 0.3 is 12.0 Å². The van der Waals surface area contributed by atoms with Crippen molar-refractivity contribution in [1.29, 1.82) is 0 Å². The van der Waals surface area contributed by atoms with E-state index in [-0.39, 0.29) is 6.54 Å². The number of amides is 3. The monoisotopic (exact) mass is 285 g/mol. The number of carboxylic acids is 1. The van der Waals surface area contributed by atoms with Crippen molar-refractivity contribution in [3.8, 4) is 0 Å². The number of imide groups is 1. The number of urea groups is 1. The topological polar surface area (TPSA) is 98.7 Å². The van der Waals surface area contributed by atoms with Gasteiger partial charge in [0.1, 0.15) is 6.04 Å². The van der Waals surface area contributed by atoms with E-state index in [4.69, 9.17) is 0 Å². The van der Waals surface area contributed by atoms with Crippen LogP contribution in [0.5, 0.6) is 0 Å². The molecule has 0 aliphatic carbocycles. The lowest BCUT2D eigenvalue weighted by Gasteiger charge is -2.43. The summed E-state index contributed by atoms with van der Waals surface area (Å²) in [5.41, 5.74) is -0.393. The summed E-state index contributed by atoms with van der Waals surface area (Å²) in [4.78, 5) is 36.1. The average molecular weight is 285 g/mol. The summed E-state index contributed by atoms with van der Waals surface area (Å²) in [6, 6.07) is -1.27. The summed E-state index contributed by atoms with van der Waals surface area (Å²) in [6.45, 7) is 6.41. The standard InChI is InChI=1S/C13H23N3O4/c1-4-14-12(20)15-9(17)8-16-7-5-6-13(2,3)10(16)11(18)19/h10H,4-8H2,1-3H3,(H,18,19)(H2,14,15,17,20). The van der Waals surface area contributed by atoms with Gasteiger partial charge in [0.05, 0.1) is 6.54 Å². The van der Waals surface area contributed by atoms with Crippen LogP contribution in [0.1, 0.15) is 33.6 Å². The van der Waals surface area contributed by atoms with E-state index in [0.29, 0.717) is 13.1 Å². The minimum absolute atomic E-state index is 0.0858. The third-order valence-corrected chi connectivity index (χ3v) is 3.54. The first-order valence-electron chi connectivity index (χ1n) is 6.82. The predicted octanol–water partition coefficient (Wildman–Crippen LogP) is 0.407.